The second-order valence-electron chi connectivity index (χ2n) is 3.04. The Morgan fingerprint density at radius 2 is 1.93 bits per heavy atom. The summed E-state index contributed by atoms with van der Waals surface area (Å²) in [5.74, 6) is -0.198. The summed E-state index contributed by atoms with van der Waals surface area (Å²) < 4.78 is 39.5. The van der Waals surface area contributed by atoms with Crippen molar-refractivity contribution in [1.29, 1.82) is 0 Å². The highest BCUT2D eigenvalue weighted by molar-refractivity contribution is 5.35. The van der Waals surface area contributed by atoms with Gasteiger partial charge in [0.25, 0.3) is 0 Å². The summed E-state index contributed by atoms with van der Waals surface area (Å²) in [6, 6.07) is 4.20. The molecule has 0 aliphatic heterocycles. The minimum absolute atomic E-state index is 0.198. The number of hydrogen-bond donors (Lipinski definition) is 1. The van der Waals surface area contributed by atoms with Crippen LogP contribution in [-0.2, 0) is 13.0 Å². The number of nitrogens with two attached hydrogens (primary N) is 1. The van der Waals surface area contributed by atoms with Crippen LogP contribution in [0.5, 0.6) is 5.75 Å². The van der Waals surface area contributed by atoms with Gasteiger partial charge >= 0.3 is 6.36 Å². The Labute approximate surface area is 85.8 Å². The van der Waals surface area contributed by atoms with Crippen LogP contribution < -0.4 is 10.5 Å². The molecule has 0 spiro atoms. The lowest BCUT2D eigenvalue weighted by atomic mass is 10.1. The first-order chi connectivity index (χ1) is 6.96. The molecule has 0 bridgehead atoms. The lowest BCUT2D eigenvalue weighted by molar-refractivity contribution is -0.274. The molecule has 1 aromatic rings. The third-order valence-corrected chi connectivity index (χ3v) is 2.01. The quantitative estimate of drug-likeness (QED) is 0.848. The molecular weight excluding hydrogens is 207 g/mol. The zero-order valence-corrected chi connectivity index (χ0v) is 8.27. The minimum atomic E-state index is -4.64. The molecule has 2 nitrogen and oxygen atoms in total. The molecule has 1 rings (SSSR count). The maximum atomic E-state index is 11.9. The molecule has 15 heavy (non-hydrogen) atoms. The molecule has 0 aromatic heterocycles. The van der Waals surface area contributed by atoms with Gasteiger partial charge in [-0.25, -0.2) is 0 Å². The Balaban J connectivity index is 2.93. The summed E-state index contributed by atoms with van der Waals surface area (Å²) in [6.45, 7) is 2.17. The fraction of sp³-hybridized carbons (Fsp3) is 0.400. The van der Waals surface area contributed by atoms with E-state index in [-0.39, 0.29) is 5.75 Å². The molecule has 0 saturated carbocycles. The van der Waals surface area contributed by atoms with E-state index in [4.69, 9.17) is 5.73 Å². The van der Waals surface area contributed by atoms with Crippen LogP contribution in [0.1, 0.15) is 18.1 Å². The van der Waals surface area contributed by atoms with Crippen molar-refractivity contribution in [2.24, 2.45) is 5.73 Å². The van der Waals surface area contributed by atoms with Gasteiger partial charge in [-0.15, -0.1) is 13.2 Å². The fourth-order valence-electron chi connectivity index (χ4n) is 1.33. The Morgan fingerprint density at radius 3 is 2.40 bits per heavy atom. The van der Waals surface area contributed by atoms with Crippen molar-refractivity contribution in [2.75, 3.05) is 0 Å². The summed E-state index contributed by atoms with van der Waals surface area (Å²) >= 11 is 0. The predicted molar refractivity (Wildman–Crippen MR) is 50.4 cm³/mol. The van der Waals surface area contributed by atoms with E-state index in [1.54, 1.807) is 6.07 Å². The second-order valence-corrected chi connectivity index (χ2v) is 3.04. The molecule has 2 N–H and O–H groups in total. The molecule has 0 unspecified atom stereocenters. The topological polar surface area (TPSA) is 35.2 Å². The Bertz CT molecular complexity index is 336. The largest absolute Gasteiger partial charge is 0.573 e. The molecule has 0 amide bonds. The van der Waals surface area contributed by atoms with Crippen LogP contribution in [0.4, 0.5) is 13.2 Å². The standard InChI is InChI=1S/C10H12F3NO/c1-2-7-5-9(15-10(11,12)13)4-3-8(7)6-14/h3-5H,2,6,14H2,1H3. The van der Waals surface area contributed by atoms with Gasteiger partial charge in [0.05, 0.1) is 0 Å². The van der Waals surface area contributed by atoms with E-state index < -0.39 is 6.36 Å². The molecule has 0 saturated heterocycles. The summed E-state index contributed by atoms with van der Waals surface area (Å²) in [5.41, 5.74) is 7.06. The highest BCUT2D eigenvalue weighted by atomic mass is 19.4. The number of benzene rings is 1. The lowest BCUT2D eigenvalue weighted by Crippen LogP contribution is -2.17. The molecule has 0 aliphatic carbocycles. The highest BCUT2D eigenvalue weighted by Crippen LogP contribution is 2.25. The zero-order chi connectivity index (χ0) is 11.5. The number of ether oxygens (including phenoxy) is 1. The van der Waals surface area contributed by atoms with Crippen LogP contribution in [0.15, 0.2) is 18.2 Å². The fourth-order valence-corrected chi connectivity index (χ4v) is 1.33. The highest BCUT2D eigenvalue weighted by Gasteiger charge is 2.31. The molecular formula is C10H12F3NO. The summed E-state index contributed by atoms with van der Waals surface area (Å²) in [4.78, 5) is 0. The van der Waals surface area contributed by atoms with Crippen molar-refractivity contribution in [1.82, 2.24) is 0 Å². The Kier molecular flexibility index (Phi) is 3.57. The van der Waals surface area contributed by atoms with Crippen LogP contribution in [0.3, 0.4) is 0 Å². The number of rotatable bonds is 3. The smallest absolute Gasteiger partial charge is 0.406 e. The third-order valence-electron chi connectivity index (χ3n) is 2.01. The van der Waals surface area contributed by atoms with Crippen LogP contribution in [-0.4, -0.2) is 6.36 Å². The first-order valence-corrected chi connectivity index (χ1v) is 4.54. The van der Waals surface area contributed by atoms with Crippen molar-refractivity contribution in [3.05, 3.63) is 29.3 Å². The van der Waals surface area contributed by atoms with E-state index >= 15 is 0 Å². The average molecular weight is 219 g/mol. The SMILES string of the molecule is CCc1cc(OC(F)(F)F)ccc1CN. The molecule has 5 heteroatoms. The van der Waals surface area contributed by atoms with E-state index in [0.717, 1.165) is 11.1 Å². The third kappa shape index (κ3) is 3.43. The number of aryl methyl sites for hydroxylation is 1. The molecule has 0 atom stereocenters. The van der Waals surface area contributed by atoms with Gasteiger partial charge in [-0.05, 0) is 29.7 Å². The number of hydrogen-bond acceptors (Lipinski definition) is 2. The minimum Gasteiger partial charge on any atom is -0.406 e. The van der Waals surface area contributed by atoms with Gasteiger partial charge in [0.2, 0.25) is 0 Å². The Morgan fingerprint density at radius 1 is 1.27 bits per heavy atom. The van der Waals surface area contributed by atoms with Crippen molar-refractivity contribution in [2.45, 2.75) is 26.3 Å². The predicted octanol–water partition coefficient (Wildman–Crippen LogP) is 2.61. The maximum absolute atomic E-state index is 11.9. The molecule has 1 aromatic carbocycles. The van der Waals surface area contributed by atoms with E-state index in [2.05, 4.69) is 4.74 Å². The van der Waals surface area contributed by atoms with Crippen LogP contribution in [0.25, 0.3) is 0 Å². The van der Waals surface area contributed by atoms with Gasteiger partial charge in [0.1, 0.15) is 5.75 Å². The van der Waals surface area contributed by atoms with Gasteiger partial charge in [-0.3, -0.25) is 0 Å². The summed E-state index contributed by atoms with van der Waals surface area (Å²) in [6.07, 6.45) is -4.02. The Hall–Kier alpha value is -1.23. The van der Waals surface area contributed by atoms with E-state index in [0.29, 0.717) is 13.0 Å². The monoisotopic (exact) mass is 219 g/mol. The summed E-state index contributed by atoms with van der Waals surface area (Å²) in [5, 5.41) is 0. The van der Waals surface area contributed by atoms with Gasteiger partial charge < -0.3 is 10.5 Å². The second kappa shape index (κ2) is 4.53. The summed E-state index contributed by atoms with van der Waals surface area (Å²) in [7, 11) is 0. The van der Waals surface area contributed by atoms with Gasteiger partial charge in [0.15, 0.2) is 0 Å². The number of alkyl halides is 3. The number of halogens is 3. The zero-order valence-electron chi connectivity index (χ0n) is 8.27. The van der Waals surface area contributed by atoms with E-state index in [1.807, 2.05) is 6.92 Å². The van der Waals surface area contributed by atoms with Crippen molar-refractivity contribution >= 4 is 0 Å². The van der Waals surface area contributed by atoms with Crippen LogP contribution in [0, 0.1) is 0 Å². The normalized spacial score (nSPS) is 11.5. The first-order valence-electron chi connectivity index (χ1n) is 4.54. The van der Waals surface area contributed by atoms with Gasteiger partial charge in [0, 0.05) is 6.54 Å². The molecule has 84 valence electrons. The van der Waals surface area contributed by atoms with Crippen LogP contribution in [0.2, 0.25) is 0 Å². The van der Waals surface area contributed by atoms with E-state index in [1.165, 1.54) is 12.1 Å². The molecule has 0 aliphatic rings. The van der Waals surface area contributed by atoms with Gasteiger partial charge in [-0.2, -0.15) is 0 Å². The maximum Gasteiger partial charge on any atom is 0.573 e. The average Bonchev–Trinajstić information content (AvgIpc) is 2.15. The lowest BCUT2D eigenvalue weighted by Gasteiger charge is -2.11. The van der Waals surface area contributed by atoms with Crippen molar-refractivity contribution < 1.29 is 17.9 Å². The van der Waals surface area contributed by atoms with Crippen molar-refractivity contribution in [3.8, 4) is 5.75 Å². The molecule has 0 fully saturated rings. The van der Waals surface area contributed by atoms with Crippen molar-refractivity contribution in [3.63, 3.8) is 0 Å². The van der Waals surface area contributed by atoms with Crippen LogP contribution >= 0.6 is 0 Å². The van der Waals surface area contributed by atoms with Gasteiger partial charge in [-0.1, -0.05) is 13.0 Å². The first kappa shape index (κ1) is 11.8. The van der Waals surface area contributed by atoms with E-state index in [9.17, 15) is 13.2 Å². The molecule has 0 heterocycles. The molecule has 0 radical (unpaired) electrons.